The number of nitrogens with one attached hydrogen (secondary N) is 1. The van der Waals surface area contributed by atoms with Crippen molar-refractivity contribution in [2.24, 2.45) is 0 Å². The highest BCUT2D eigenvalue weighted by Gasteiger charge is 2.17. The summed E-state index contributed by atoms with van der Waals surface area (Å²) < 4.78 is 15.0. The number of nitrogens with zero attached hydrogens (tertiary/aromatic N) is 4. The van der Waals surface area contributed by atoms with Gasteiger partial charge in [0, 0.05) is 12.1 Å². The summed E-state index contributed by atoms with van der Waals surface area (Å²) in [5.74, 6) is 0.456. The highest BCUT2D eigenvalue weighted by Crippen LogP contribution is 2.28. The van der Waals surface area contributed by atoms with E-state index in [1.165, 1.54) is 23.9 Å². The Morgan fingerprint density at radius 3 is 2.50 bits per heavy atom. The average molecular weight is 444 g/mol. The van der Waals surface area contributed by atoms with Crippen molar-refractivity contribution >= 4 is 34.3 Å². The van der Waals surface area contributed by atoms with Gasteiger partial charge >= 0.3 is 0 Å². The molecule has 0 aliphatic carbocycles. The lowest BCUT2D eigenvalue weighted by atomic mass is 10.2. The maximum absolute atomic E-state index is 13.0. The summed E-state index contributed by atoms with van der Waals surface area (Å²) in [6.07, 6.45) is 0. The Hall–Kier alpha value is -3.78. The van der Waals surface area contributed by atoms with Crippen LogP contribution in [0.5, 0.6) is 0 Å². The fourth-order valence-electron chi connectivity index (χ4n) is 3.42. The first-order valence-corrected chi connectivity index (χ1v) is 11.0. The highest BCUT2D eigenvalue weighted by atomic mass is 32.2. The lowest BCUT2D eigenvalue weighted by molar-refractivity contribution is -0.118. The van der Waals surface area contributed by atoms with Crippen LogP contribution in [0.25, 0.3) is 28.1 Å². The molecule has 8 heteroatoms. The quantitative estimate of drug-likeness (QED) is 0.392. The molecule has 0 spiro atoms. The standard InChI is InChI=1S/C24H18FN5OS/c25-18-12-10-16(11-13-18)14-26-21(31)15-32-24-23-29-28-22(17-6-2-1-3-7-17)30(23)20-9-5-4-8-19(20)27-24/h1-13H,14-15H2,(H,26,31). The summed E-state index contributed by atoms with van der Waals surface area (Å²) in [4.78, 5) is 17.1. The Bertz CT molecular complexity index is 1400. The highest BCUT2D eigenvalue weighted by molar-refractivity contribution is 8.00. The van der Waals surface area contributed by atoms with Crippen molar-refractivity contribution in [3.05, 3.63) is 90.2 Å². The van der Waals surface area contributed by atoms with Gasteiger partial charge in [-0.2, -0.15) is 0 Å². The number of hydrogen-bond acceptors (Lipinski definition) is 5. The van der Waals surface area contributed by atoms with Crippen LogP contribution in [0.3, 0.4) is 0 Å². The van der Waals surface area contributed by atoms with Crippen molar-refractivity contribution in [3.8, 4) is 11.4 Å². The van der Waals surface area contributed by atoms with Gasteiger partial charge in [-0.25, -0.2) is 9.37 Å². The van der Waals surface area contributed by atoms with Crippen LogP contribution in [-0.4, -0.2) is 31.2 Å². The molecule has 5 rings (SSSR count). The molecule has 32 heavy (non-hydrogen) atoms. The molecule has 0 aliphatic rings. The second kappa shape index (κ2) is 8.76. The van der Waals surface area contributed by atoms with Crippen molar-refractivity contribution in [2.75, 3.05) is 5.75 Å². The van der Waals surface area contributed by atoms with Crippen molar-refractivity contribution in [1.82, 2.24) is 24.9 Å². The van der Waals surface area contributed by atoms with Crippen molar-refractivity contribution in [2.45, 2.75) is 11.6 Å². The molecule has 5 aromatic rings. The van der Waals surface area contributed by atoms with Gasteiger partial charge < -0.3 is 5.32 Å². The first-order valence-electron chi connectivity index (χ1n) is 10.0. The minimum atomic E-state index is -0.301. The van der Waals surface area contributed by atoms with Gasteiger partial charge in [0.05, 0.1) is 16.8 Å². The number of amides is 1. The molecule has 3 aromatic carbocycles. The van der Waals surface area contributed by atoms with E-state index in [4.69, 9.17) is 4.98 Å². The largest absolute Gasteiger partial charge is 0.351 e. The number of carbonyl (C=O) groups is 1. The molecule has 1 N–H and O–H groups in total. The van der Waals surface area contributed by atoms with Crippen LogP contribution in [0.1, 0.15) is 5.56 Å². The Balaban J connectivity index is 1.42. The molecule has 0 atom stereocenters. The van der Waals surface area contributed by atoms with E-state index in [2.05, 4.69) is 15.5 Å². The van der Waals surface area contributed by atoms with Crippen LogP contribution in [0.15, 0.2) is 83.9 Å². The van der Waals surface area contributed by atoms with Gasteiger partial charge in [0.1, 0.15) is 10.8 Å². The Morgan fingerprint density at radius 2 is 1.69 bits per heavy atom. The van der Waals surface area contributed by atoms with E-state index in [0.717, 1.165) is 28.0 Å². The lowest BCUT2D eigenvalue weighted by Crippen LogP contribution is -2.24. The number of fused-ring (bicyclic) bond motifs is 3. The van der Waals surface area contributed by atoms with Gasteiger partial charge in [-0.1, -0.05) is 66.4 Å². The number of para-hydroxylation sites is 2. The minimum Gasteiger partial charge on any atom is -0.351 e. The van der Waals surface area contributed by atoms with Gasteiger partial charge in [0.25, 0.3) is 0 Å². The molecular weight excluding hydrogens is 425 g/mol. The van der Waals surface area contributed by atoms with Crippen LogP contribution in [-0.2, 0) is 11.3 Å². The molecule has 0 saturated carbocycles. The Kier molecular flexibility index (Phi) is 5.51. The maximum atomic E-state index is 13.0. The van der Waals surface area contributed by atoms with Gasteiger partial charge in [0.2, 0.25) is 5.91 Å². The van der Waals surface area contributed by atoms with Crippen LogP contribution in [0.2, 0.25) is 0 Å². The fourth-order valence-corrected chi connectivity index (χ4v) is 4.21. The Morgan fingerprint density at radius 1 is 0.938 bits per heavy atom. The molecule has 0 bridgehead atoms. The molecule has 0 aliphatic heterocycles. The Labute approximate surface area is 187 Å². The summed E-state index contributed by atoms with van der Waals surface area (Å²) in [6.45, 7) is 0.337. The zero-order valence-corrected chi connectivity index (χ0v) is 17.7. The molecule has 6 nitrogen and oxygen atoms in total. The third-order valence-electron chi connectivity index (χ3n) is 4.97. The average Bonchev–Trinajstić information content (AvgIpc) is 3.28. The monoisotopic (exact) mass is 443 g/mol. The van der Waals surface area contributed by atoms with Crippen molar-refractivity contribution in [1.29, 1.82) is 0 Å². The minimum absolute atomic E-state index is 0.143. The zero-order chi connectivity index (χ0) is 21.9. The molecule has 2 aromatic heterocycles. The molecule has 0 radical (unpaired) electrons. The van der Waals surface area contributed by atoms with E-state index >= 15 is 0 Å². The summed E-state index contributed by atoms with van der Waals surface area (Å²) in [5, 5.41) is 12.3. The number of thioether (sulfide) groups is 1. The number of rotatable bonds is 6. The van der Waals surface area contributed by atoms with E-state index in [0.29, 0.717) is 17.2 Å². The smallest absolute Gasteiger partial charge is 0.230 e. The second-order valence-electron chi connectivity index (χ2n) is 7.15. The number of carbonyl (C=O) groups excluding carboxylic acids is 1. The van der Waals surface area contributed by atoms with Crippen LogP contribution >= 0.6 is 11.8 Å². The number of benzene rings is 3. The van der Waals surface area contributed by atoms with E-state index in [1.807, 2.05) is 59.0 Å². The van der Waals surface area contributed by atoms with E-state index in [9.17, 15) is 9.18 Å². The summed E-state index contributed by atoms with van der Waals surface area (Å²) in [5.41, 5.74) is 4.09. The third-order valence-corrected chi connectivity index (χ3v) is 5.93. The van der Waals surface area contributed by atoms with Gasteiger partial charge in [-0.05, 0) is 29.8 Å². The molecule has 0 fully saturated rings. The topological polar surface area (TPSA) is 72.2 Å². The number of aromatic nitrogens is 4. The molecule has 1 amide bonds. The first kappa shape index (κ1) is 20.1. The number of hydrogen-bond donors (Lipinski definition) is 1. The second-order valence-corrected chi connectivity index (χ2v) is 8.11. The van der Waals surface area contributed by atoms with Crippen LogP contribution in [0, 0.1) is 5.82 Å². The molecular formula is C24H18FN5OS. The van der Waals surface area contributed by atoms with Crippen molar-refractivity contribution in [3.63, 3.8) is 0 Å². The normalized spacial score (nSPS) is 11.2. The lowest BCUT2D eigenvalue weighted by Gasteiger charge is -2.09. The first-order chi connectivity index (χ1) is 15.7. The fraction of sp³-hybridized carbons (Fsp3) is 0.0833. The van der Waals surface area contributed by atoms with Gasteiger partial charge in [-0.3, -0.25) is 9.20 Å². The van der Waals surface area contributed by atoms with E-state index in [-0.39, 0.29) is 17.5 Å². The van der Waals surface area contributed by atoms with Gasteiger partial charge in [-0.15, -0.1) is 10.2 Å². The van der Waals surface area contributed by atoms with Gasteiger partial charge in [0.15, 0.2) is 11.5 Å². The SMILES string of the molecule is O=C(CSc1nc2ccccc2n2c(-c3ccccc3)nnc12)NCc1ccc(F)cc1. The van der Waals surface area contributed by atoms with E-state index < -0.39 is 0 Å². The number of halogens is 1. The van der Waals surface area contributed by atoms with Crippen molar-refractivity contribution < 1.29 is 9.18 Å². The summed E-state index contributed by atoms with van der Waals surface area (Å²) in [6, 6.07) is 23.7. The summed E-state index contributed by atoms with van der Waals surface area (Å²) in [7, 11) is 0. The molecule has 0 unspecified atom stereocenters. The molecule has 0 saturated heterocycles. The summed E-state index contributed by atoms with van der Waals surface area (Å²) >= 11 is 1.31. The maximum Gasteiger partial charge on any atom is 0.230 e. The predicted molar refractivity (Wildman–Crippen MR) is 123 cm³/mol. The zero-order valence-electron chi connectivity index (χ0n) is 16.9. The third kappa shape index (κ3) is 4.04. The van der Waals surface area contributed by atoms with E-state index in [1.54, 1.807) is 12.1 Å². The predicted octanol–water partition coefficient (Wildman–Crippen LogP) is 4.49. The molecule has 2 heterocycles. The molecule has 158 valence electrons. The van der Waals surface area contributed by atoms with Crippen LogP contribution in [0.4, 0.5) is 4.39 Å². The van der Waals surface area contributed by atoms with Crippen LogP contribution < -0.4 is 5.32 Å².